The van der Waals surface area contributed by atoms with E-state index in [9.17, 15) is 9.59 Å². The zero-order valence-electron chi connectivity index (χ0n) is 17.5. The Kier molecular flexibility index (Phi) is 7.38. The summed E-state index contributed by atoms with van der Waals surface area (Å²) in [6, 6.07) is 8.38. The van der Waals surface area contributed by atoms with Crippen LogP contribution in [0.15, 0.2) is 24.3 Å². The molecular formula is C22H31N3O3. The predicted octanol–water partition coefficient (Wildman–Crippen LogP) is 3.36. The predicted molar refractivity (Wildman–Crippen MR) is 109 cm³/mol. The molecule has 1 heterocycles. The molecule has 1 N–H and O–H groups in total. The quantitative estimate of drug-likeness (QED) is 0.718. The highest BCUT2D eigenvalue weighted by Crippen LogP contribution is 2.18. The summed E-state index contributed by atoms with van der Waals surface area (Å²) in [7, 11) is 0. The van der Waals surface area contributed by atoms with E-state index < -0.39 is 5.97 Å². The van der Waals surface area contributed by atoms with Crippen LogP contribution in [0, 0.1) is 26.7 Å². The van der Waals surface area contributed by atoms with Crippen molar-refractivity contribution in [2.24, 2.45) is 5.92 Å². The lowest BCUT2D eigenvalue weighted by Crippen LogP contribution is -2.38. The number of carbonyl (C=O) groups is 2. The number of hydrogen-bond donors (Lipinski definition) is 1. The molecule has 0 unspecified atom stereocenters. The van der Waals surface area contributed by atoms with Crippen LogP contribution in [0.25, 0.3) is 0 Å². The molecule has 6 nitrogen and oxygen atoms in total. The smallest absolute Gasteiger partial charge is 0.323 e. The minimum atomic E-state index is -0.979. The van der Waals surface area contributed by atoms with Crippen molar-refractivity contribution in [1.82, 2.24) is 14.7 Å². The highest BCUT2D eigenvalue weighted by Gasteiger charge is 2.19. The van der Waals surface area contributed by atoms with Crippen LogP contribution in [-0.4, -0.2) is 44.8 Å². The number of rotatable bonds is 9. The molecule has 0 radical (unpaired) electrons. The van der Waals surface area contributed by atoms with Gasteiger partial charge in [-0.25, -0.2) is 0 Å². The fourth-order valence-corrected chi connectivity index (χ4v) is 3.36. The lowest BCUT2D eigenvalue weighted by molar-refractivity contribution is -0.144. The Hall–Kier alpha value is -2.63. The van der Waals surface area contributed by atoms with Gasteiger partial charge < -0.3 is 10.0 Å². The maximum Gasteiger partial charge on any atom is 0.323 e. The van der Waals surface area contributed by atoms with Gasteiger partial charge in [0, 0.05) is 18.7 Å². The molecule has 0 atom stereocenters. The second-order valence-corrected chi connectivity index (χ2v) is 7.85. The zero-order valence-corrected chi connectivity index (χ0v) is 17.5. The van der Waals surface area contributed by atoms with Crippen LogP contribution in [0.1, 0.15) is 48.3 Å². The average molecular weight is 386 g/mol. The Bertz CT molecular complexity index is 822. The first-order valence-electron chi connectivity index (χ1n) is 9.75. The van der Waals surface area contributed by atoms with Crippen molar-refractivity contribution in [1.29, 1.82) is 0 Å². The monoisotopic (exact) mass is 385 g/mol. The lowest BCUT2D eigenvalue weighted by Gasteiger charge is -2.22. The molecule has 0 aliphatic rings. The van der Waals surface area contributed by atoms with Crippen molar-refractivity contribution >= 4 is 11.9 Å². The van der Waals surface area contributed by atoms with Crippen LogP contribution in [0.5, 0.6) is 0 Å². The number of nitrogens with zero attached hydrogens (tertiary/aromatic N) is 3. The van der Waals surface area contributed by atoms with Crippen molar-refractivity contribution in [2.75, 3.05) is 13.1 Å². The number of carboxylic acid groups (broad SMARTS) is 1. The molecule has 0 aliphatic carbocycles. The third kappa shape index (κ3) is 5.94. The van der Waals surface area contributed by atoms with E-state index in [0.717, 1.165) is 17.0 Å². The third-order valence-electron chi connectivity index (χ3n) is 4.84. The van der Waals surface area contributed by atoms with Gasteiger partial charge in [-0.3, -0.25) is 14.3 Å². The molecule has 0 aliphatic heterocycles. The molecule has 0 saturated heterocycles. The summed E-state index contributed by atoms with van der Waals surface area (Å²) in [6.45, 7) is 10.9. The van der Waals surface area contributed by atoms with Crippen molar-refractivity contribution < 1.29 is 14.7 Å². The molecule has 6 heteroatoms. The molecule has 28 heavy (non-hydrogen) atoms. The first-order chi connectivity index (χ1) is 13.2. The summed E-state index contributed by atoms with van der Waals surface area (Å²) in [5.41, 5.74) is 5.46. The lowest BCUT2D eigenvalue weighted by atomic mass is 10.1. The molecule has 1 aromatic heterocycles. The van der Waals surface area contributed by atoms with E-state index in [0.29, 0.717) is 19.5 Å². The summed E-state index contributed by atoms with van der Waals surface area (Å²) in [6.07, 6.45) is 0.858. The Morgan fingerprint density at radius 2 is 1.79 bits per heavy atom. The Balaban J connectivity index is 2.07. The van der Waals surface area contributed by atoms with Crippen molar-refractivity contribution in [2.45, 2.75) is 54.0 Å². The van der Waals surface area contributed by atoms with Crippen LogP contribution in [0.3, 0.4) is 0 Å². The number of benzene rings is 1. The van der Waals surface area contributed by atoms with E-state index in [1.807, 2.05) is 32.4 Å². The summed E-state index contributed by atoms with van der Waals surface area (Å²) in [5.74, 6) is -0.877. The molecule has 1 aromatic carbocycles. The molecule has 0 spiro atoms. The van der Waals surface area contributed by atoms with Crippen molar-refractivity contribution in [3.63, 3.8) is 0 Å². The van der Waals surface area contributed by atoms with Gasteiger partial charge in [0.1, 0.15) is 6.54 Å². The van der Waals surface area contributed by atoms with E-state index in [1.165, 1.54) is 16.0 Å². The normalized spacial score (nSPS) is 11.1. The summed E-state index contributed by atoms with van der Waals surface area (Å²) in [5, 5.41) is 13.7. The number of aliphatic carboxylic acids is 1. The largest absolute Gasteiger partial charge is 0.480 e. The number of aryl methyl sites for hydroxylation is 2. The van der Waals surface area contributed by atoms with Crippen molar-refractivity contribution in [3.05, 3.63) is 52.3 Å². The second kappa shape index (κ2) is 9.53. The fourth-order valence-electron chi connectivity index (χ4n) is 3.36. The summed E-state index contributed by atoms with van der Waals surface area (Å²) in [4.78, 5) is 25.1. The van der Waals surface area contributed by atoms with E-state index in [4.69, 9.17) is 5.11 Å². The first kappa shape index (κ1) is 21.7. The maximum absolute atomic E-state index is 12.6. The molecule has 1 amide bonds. The Morgan fingerprint density at radius 1 is 1.14 bits per heavy atom. The van der Waals surface area contributed by atoms with Gasteiger partial charge in [-0.05, 0) is 44.2 Å². The molecular weight excluding hydrogens is 354 g/mol. The van der Waals surface area contributed by atoms with Crippen LogP contribution in [-0.2, 0) is 22.6 Å². The standard InChI is InChI=1S/C22H31N3O3/c1-15(2)12-24(14-22(27)28)21(26)11-10-20-17(4)23-25(18(20)5)13-19-8-6-16(3)7-9-19/h6-9,15H,10-14H2,1-5H3,(H,27,28). The minimum Gasteiger partial charge on any atom is -0.480 e. The molecule has 2 aromatic rings. The molecule has 152 valence electrons. The van der Waals surface area contributed by atoms with E-state index in [1.54, 1.807) is 0 Å². The number of hydrogen-bond acceptors (Lipinski definition) is 3. The number of amides is 1. The van der Waals surface area contributed by atoms with E-state index in [-0.39, 0.29) is 24.8 Å². The Morgan fingerprint density at radius 3 is 2.36 bits per heavy atom. The van der Waals surface area contributed by atoms with E-state index >= 15 is 0 Å². The van der Waals surface area contributed by atoms with Gasteiger partial charge in [-0.1, -0.05) is 43.7 Å². The van der Waals surface area contributed by atoms with Gasteiger partial charge in [0.2, 0.25) is 5.91 Å². The number of aromatic nitrogens is 2. The van der Waals surface area contributed by atoms with Crippen LogP contribution < -0.4 is 0 Å². The third-order valence-corrected chi connectivity index (χ3v) is 4.84. The minimum absolute atomic E-state index is 0.124. The highest BCUT2D eigenvalue weighted by atomic mass is 16.4. The van der Waals surface area contributed by atoms with Gasteiger partial charge >= 0.3 is 5.97 Å². The van der Waals surface area contributed by atoms with Gasteiger partial charge in [-0.2, -0.15) is 5.10 Å². The Labute approximate surface area is 167 Å². The zero-order chi connectivity index (χ0) is 20.8. The summed E-state index contributed by atoms with van der Waals surface area (Å²) >= 11 is 0. The van der Waals surface area contributed by atoms with Crippen LogP contribution in [0.4, 0.5) is 0 Å². The fraction of sp³-hybridized carbons (Fsp3) is 0.500. The summed E-state index contributed by atoms with van der Waals surface area (Å²) < 4.78 is 1.98. The van der Waals surface area contributed by atoms with Gasteiger partial charge in [-0.15, -0.1) is 0 Å². The average Bonchev–Trinajstić information content (AvgIpc) is 2.87. The van der Waals surface area contributed by atoms with Gasteiger partial charge in [0.05, 0.1) is 12.2 Å². The molecule has 0 fully saturated rings. The highest BCUT2D eigenvalue weighted by molar-refractivity contribution is 5.81. The molecule has 0 saturated carbocycles. The first-order valence-corrected chi connectivity index (χ1v) is 9.75. The van der Waals surface area contributed by atoms with Crippen molar-refractivity contribution in [3.8, 4) is 0 Å². The van der Waals surface area contributed by atoms with Crippen LogP contribution in [0.2, 0.25) is 0 Å². The second-order valence-electron chi connectivity index (χ2n) is 7.85. The maximum atomic E-state index is 12.6. The topological polar surface area (TPSA) is 75.4 Å². The SMILES string of the molecule is Cc1ccc(Cn2nc(C)c(CCC(=O)N(CC(=O)O)CC(C)C)c2C)cc1. The molecule has 0 bridgehead atoms. The number of carboxylic acids is 1. The van der Waals surface area contributed by atoms with Gasteiger partial charge in [0.15, 0.2) is 0 Å². The van der Waals surface area contributed by atoms with E-state index in [2.05, 4.69) is 36.3 Å². The number of carbonyl (C=O) groups excluding carboxylic acids is 1. The van der Waals surface area contributed by atoms with Gasteiger partial charge in [0.25, 0.3) is 0 Å². The van der Waals surface area contributed by atoms with Crippen LogP contribution >= 0.6 is 0 Å². The molecule has 2 rings (SSSR count).